The molecule has 0 radical (unpaired) electrons. The number of rotatable bonds is 10. The van der Waals surface area contributed by atoms with E-state index in [2.05, 4.69) is 43.1 Å². The third kappa shape index (κ3) is 6.75. The molecule has 0 aliphatic carbocycles. The molecular weight excluding hydrogens is 440 g/mol. The number of amides is 1. The summed E-state index contributed by atoms with van der Waals surface area (Å²) < 4.78 is 27.5. The van der Waals surface area contributed by atoms with Gasteiger partial charge in [-0.15, -0.1) is 10.2 Å². The summed E-state index contributed by atoms with van der Waals surface area (Å²) in [6.07, 6.45) is 4.20. The number of hydrogen-bond donors (Lipinski definition) is 2. The van der Waals surface area contributed by atoms with Gasteiger partial charge in [0.25, 0.3) is 0 Å². The molecule has 2 N–H and O–H groups in total. The zero-order valence-corrected chi connectivity index (χ0v) is 17.6. The predicted octanol–water partition coefficient (Wildman–Crippen LogP) is 3.34. The molecule has 7 nitrogen and oxygen atoms in total. The first-order valence-electron chi connectivity index (χ1n) is 8.28. The van der Waals surface area contributed by atoms with Gasteiger partial charge in [0.1, 0.15) is 5.01 Å². The Balaban J connectivity index is 1.77. The van der Waals surface area contributed by atoms with Gasteiger partial charge in [0.05, 0.1) is 4.90 Å². The van der Waals surface area contributed by atoms with Gasteiger partial charge < -0.3 is 5.32 Å². The average molecular weight is 461 g/mol. The van der Waals surface area contributed by atoms with Crippen LogP contribution in [0, 0.1) is 0 Å². The van der Waals surface area contributed by atoms with E-state index < -0.39 is 10.0 Å². The molecule has 0 saturated heterocycles. The van der Waals surface area contributed by atoms with Crippen LogP contribution in [-0.4, -0.2) is 31.1 Å². The van der Waals surface area contributed by atoms with Crippen molar-refractivity contribution in [1.82, 2.24) is 14.9 Å². The average Bonchev–Trinajstić information content (AvgIpc) is 3.02. The first-order chi connectivity index (χ1) is 12.4. The van der Waals surface area contributed by atoms with E-state index in [1.54, 1.807) is 12.1 Å². The molecule has 0 fully saturated rings. The minimum Gasteiger partial charge on any atom is -0.300 e. The van der Waals surface area contributed by atoms with Crippen LogP contribution in [0.3, 0.4) is 0 Å². The number of halogens is 1. The normalized spacial score (nSPS) is 11.5. The van der Waals surface area contributed by atoms with Gasteiger partial charge >= 0.3 is 0 Å². The Labute approximate surface area is 165 Å². The Bertz CT molecular complexity index is 822. The van der Waals surface area contributed by atoms with E-state index in [0.717, 1.165) is 35.2 Å². The van der Waals surface area contributed by atoms with Gasteiger partial charge in [0, 0.05) is 23.9 Å². The molecule has 142 valence electrons. The van der Waals surface area contributed by atoms with E-state index in [9.17, 15) is 13.2 Å². The van der Waals surface area contributed by atoms with Crippen molar-refractivity contribution in [2.24, 2.45) is 0 Å². The smallest absolute Gasteiger partial charge is 0.240 e. The van der Waals surface area contributed by atoms with Gasteiger partial charge in [-0.25, -0.2) is 13.1 Å². The molecule has 1 heterocycles. The number of sulfonamides is 1. The molecule has 10 heteroatoms. The predicted molar refractivity (Wildman–Crippen MR) is 106 cm³/mol. The first-order valence-corrected chi connectivity index (χ1v) is 11.4. The lowest BCUT2D eigenvalue weighted by Crippen LogP contribution is -2.27. The van der Waals surface area contributed by atoms with Gasteiger partial charge in [-0.2, -0.15) is 0 Å². The Kier molecular flexibility index (Phi) is 8.14. The van der Waals surface area contributed by atoms with Crippen LogP contribution in [-0.2, 0) is 21.2 Å². The second-order valence-corrected chi connectivity index (χ2v) is 9.35. The van der Waals surface area contributed by atoms with Crippen molar-refractivity contribution in [3.05, 3.63) is 33.7 Å². The second-order valence-electron chi connectivity index (χ2n) is 5.61. The minimum absolute atomic E-state index is 0.00634. The highest BCUT2D eigenvalue weighted by Crippen LogP contribution is 2.18. The lowest BCUT2D eigenvalue weighted by Gasteiger charge is -2.06. The zero-order valence-electron chi connectivity index (χ0n) is 14.4. The molecule has 26 heavy (non-hydrogen) atoms. The van der Waals surface area contributed by atoms with Crippen molar-refractivity contribution in [3.8, 4) is 0 Å². The highest BCUT2D eigenvalue weighted by Gasteiger charge is 2.14. The van der Waals surface area contributed by atoms with E-state index in [1.165, 1.54) is 23.5 Å². The Morgan fingerprint density at radius 3 is 2.62 bits per heavy atom. The lowest BCUT2D eigenvalue weighted by molar-refractivity contribution is -0.116. The van der Waals surface area contributed by atoms with Gasteiger partial charge in [0.2, 0.25) is 21.1 Å². The number of nitrogens with zero attached hydrogens (tertiary/aromatic N) is 2. The molecule has 0 spiro atoms. The van der Waals surface area contributed by atoms with Crippen LogP contribution in [0.4, 0.5) is 5.13 Å². The van der Waals surface area contributed by atoms with Crippen molar-refractivity contribution >= 4 is 48.3 Å². The van der Waals surface area contributed by atoms with Crippen molar-refractivity contribution in [2.45, 2.75) is 43.9 Å². The van der Waals surface area contributed by atoms with Crippen LogP contribution in [0.5, 0.6) is 0 Å². The van der Waals surface area contributed by atoms with Crippen LogP contribution in [0.25, 0.3) is 0 Å². The van der Waals surface area contributed by atoms with Gasteiger partial charge in [-0.05, 0) is 30.7 Å². The maximum atomic E-state index is 12.1. The number of unbranched alkanes of at least 4 members (excludes halogenated alkanes) is 2. The molecule has 0 unspecified atom stereocenters. The van der Waals surface area contributed by atoms with Gasteiger partial charge in [0.15, 0.2) is 0 Å². The number of aromatic nitrogens is 2. The van der Waals surface area contributed by atoms with Crippen LogP contribution in [0.15, 0.2) is 33.6 Å². The number of aryl methyl sites for hydroxylation is 1. The first kappa shape index (κ1) is 20.9. The standard InChI is InChI=1S/C16H21BrN4O3S2/c1-2-3-4-5-15-20-21-16(25-15)19-14(22)10-11-18-26(23,24)13-8-6-12(17)7-9-13/h6-9,18H,2-5,10-11H2,1H3,(H,19,21,22). The minimum atomic E-state index is -3.63. The Morgan fingerprint density at radius 1 is 1.19 bits per heavy atom. The summed E-state index contributed by atoms with van der Waals surface area (Å²) in [6.45, 7) is 2.14. The zero-order chi connectivity index (χ0) is 19.0. The molecule has 2 aromatic rings. The maximum Gasteiger partial charge on any atom is 0.240 e. The molecule has 0 aliphatic heterocycles. The number of hydrogen-bond acceptors (Lipinski definition) is 6. The quantitative estimate of drug-likeness (QED) is 0.529. The van der Waals surface area contributed by atoms with Crippen LogP contribution in [0.2, 0.25) is 0 Å². The molecule has 1 aromatic heterocycles. The number of benzene rings is 1. The van der Waals surface area contributed by atoms with E-state index in [-0.39, 0.29) is 23.8 Å². The summed E-state index contributed by atoms with van der Waals surface area (Å²) in [4.78, 5) is 12.1. The molecule has 2 rings (SSSR count). The summed E-state index contributed by atoms with van der Waals surface area (Å²) in [7, 11) is -3.63. The Hall–Kier alpha value is -1.36. The summed E-state index contributed by atoms with van der Waals surface area (Å²) in [5, 5.41) is 12.0. The van der Waals surface area contributed by atoms with Gasteiger partial charge in [-0.3, -0.25) is 4.79 Å². The maximum absolute atomic E-state index is 12.1. The third-order valence-corrected chi connectivity index (χ3v) is 6.38. The topological polar surface area (TPSA) is 101 Å². The van der Waals surface area contributed by atoms with E-state index in [4.69, 9.17) is 0 Å². The summed E-state index contributed by atoms with van der Waals surface area (Å²) in [6, 6.07) is 6.28. The van der Waals surface area contributed by atoms with Crippen LogP contribution in [0.1, 0.15) is 37.6 Å². The fraction of sp³-hybridized carbons (Fsp3) is 0.438. The van der Waals surface area contributed by atoms with Crippen molar-refractivity contribution in [3.63, 3.8) is 0 Å². The number of anilines is 1. The van der Waals surface area contributed by atoms with E-state index in [0.29, 0.717) is 5.13 Å². The SMILES string of the molecule is CCCCCc1nnc(NC(=O)CCNS(=O)(=O)c2ccc(Br)cc2)s1. The van der Waals surface area contributed by atoms with Crippen molar-refractivity contribution < 1.29 is 13.2 Å². The van der Waals surface area contributed by atoms with Crippen molar-refractivity contribution in [2.75, 3.05) is 11.9 Å². The van der Waals surface area contributed by atoms with Crippen LogP contribution >= 0.6 is 27.3 Å². The Morgan fingerprint density at radius 2 is 1.92 bits per heavy atom. The molecule has 1 aromatic carbocycles. The fourth-order valence-electron chi connectivity index (χ4n) is 2.11. The van der Waals surface area contributed by atoms with Crippen LogP contribution < -0.4 is 10.0 Å². The fourth-order valence-corrected chi connectivity index (χ4v) is 4.20. The molecule has 0 aliphatic rings. The molecular formula is C16H21BrN4O3S2. The molecule has 0 bridgehead atoms. The summed E-state index contributed by atoms with van der Waals surface area (Å²) in [5.74, 6) is -0.306. The highest BCUT2D eigenvalue weighted by molar-refractivity contribution is 9.10. The third-order valence-electron chi connectivity index (χ3n) is 3.48. The van der Waals surface area contributed by atoms with Gasteiger partial charge in [-0.1, -0.05) is 47.0 Å². The highest BCUT2D eigenvalue weighted by atomic mass is 79.9. The molecule has 1 amide bonds. The number of carbonyl (C=O) groups excluding carboxylic acids is 1. The van der Waals surface area contributed by atoms with Crippen molar-refractivity contribution in [1.29, 1.82) is 0 Å². The molecule has 0 saturated carbocycles. The summed E-state index contributed by atoms with van der Waals surface area (Å²) in [5.41, 5.74) is 0. The lowest BCUT2D eigenvalue weighted by atomic mass is 10.2. The summed E-state index contributed by atoms with van der Waals surface area (Å²) >= 11 is 4.61. The van der Waals surface area contributed by atoms with E-state index >= 15 is 0 Å². The monoisotopic (exact) mass is 460 g/mol. The second kappa shape index (κ2) is 10.1. The van der Waals surface area contributed by atoms with E-state index in [1.807, 2.05) is 0 Å². The largest absolute Gasteiger partial charge is 0.300 e. The molecule has 0 atom stereocenters. The number of carbonyl (C=O) groups is 1. The number of nitrogens with one attached hydrogen (secondary N) is 2.